The Morgan fingerprint density at radius 3 is 2.88 bits per heavy atom. The summed E-state index contributed by atoms with van der Waals surface area (Å²) in [7, 11) is 1.84. The molecule has 2 fully saturated rings. The van der Waals surface area contributed by atoms with Gasteiger partial charge in [0.25, 0.3) is 5.91 Å². The second-order valence-electron chi connectivity index (χ2n) is 6.48. The Balaban J connectivity index is 1.51. The highest BCUT2D eigenvalue weighted by molar-refractivity contribution is 7.13. The van der Waals surface area contributed by atoms with Crippen LogP contribution in [0.25, 0.3) is 10.6 Å². The first-order valence-electron chi connectivity index (χ1n) is 8.19. The van der Waals surface area contributed by atoms with Crippen LogP contribution in [0.15, 0.2) is 35.7 Å². The maximum absolute atomic E-state index is 12.8. The molecule has 124 valence electrons. The number of likely N-dealkylation sites (tertiary alicyclic amines) is 2. The lowest BCUT2D eigenvalue weighted by atomic mass is 9.92. The predicted octanol–water partition coefficient (Wildman–Crippen LogP) is 2.50. The molecule has 5 nitrogen and oxygen atoms in total. The van der Waals surface area contributed by atoms with E-state index in [1.807, 2.05) is 47.7 Å². The molecule has 6 heteroatoms. The maximum Gasteiger partial charge on any atom is 0.273 e. The van der Waals surface area contributed by atoms with Crippen molar-refractivity contribution in [2.45, 2.75) is 18.9 Å². The summed E-state index contributed by atoms with van der Waals surface area (Å²) in [6, 6.07) is 10.1. The number of hydrogen-bond donors (Lipinski definition) is 0. The van der Waals surface area contributed by atoms with Crippen LogP contribution in [0.1, 0.15) is 23.3 Å². The second kappa shape index (κ2) is 6.02. The SMILES string of the molecule is CN1C(=O)C[C@H]2CCN(C(=O)c3csc(-c4ccccc4)n3)C[C@H]21. The third-order valence-corrected chi connectivity index (χ3v) is 5.97. The van der Waals surface area contributed by atoms with E-state index in [4.69, 9.17) is 0 Å². The van der Waals surface area contributed by atoms with Crippen molar-refractivity contribution < 1.29 is 9.59 Å². The molecule has 24 heavy (non-hydrogen) atoms. The first-order chi connectivity index (χ1) is 11.6. The highest BCUT2D eigenvalue weighted by atomic mass is 32.1. The second-order valence-corrected chi connectivity index (χ2v) is 7.34. The number of nitrogens with zero attached hydrogens (tertiary/aromatic N) is 3. The van der Waals surface area contributed by atoms with Gasteiger partial charge >= 0.3 is 0 Å². The molecule has 4 rings (SSSR count). The first-order valence-corrected chi connectivity index (χ1v) is 9.07. The number of benzene rings is 1. The summed E-state index contributed by atoms with van der Waals surface area (Å²) in [5.41, 5.74) is 1.53. The van der Waals surface area contributed by atoms with Gasteiger partial charge in [-0.15, -0.1) is 11.3 Å². The van der Waals surface area contributed by atoms with E-state index in [1.165, 1.54) is 11.3 Å². The average molecular weight is 341 g/mol. The lowest BCUT2D eigenvalue weighted by molar-refractivity contribution is -0.127. The van der Waals surface area contributed by atoms with Crippen molar-refractivity contribution in [2.75, 3.05) is 20.1 Å². The zero-order valence-corrected chi connectivity index (χ0v) is 14.3. The number of piperidine rings is 1. The molecule has 1 aromatic carbocycles. The summed E-state index contributed by atoms with van der Waals surface area (Å²) in [6.45, 7) is 1.32. The molecule has 0 spiro atoms. The average Bonchev–Trinajstić information content (AvgIpc) is 3.21. The van der Waals surface area contributed by atoms with E-state index in [9.17, 15) is 9.59 Å². The number of fused-ring (bicyclic) bond motifs is 1. The molecule has 0 unspecified atom stereocenters. The van der Waals surface area contributed by atoms with E-state index >= 15 is 0 Å². The number of rotatable bonds is 2. The Hall–Kier alpha value is -2.21. The molecule has 2 aromatic rings. The number of hydrogen-bond acceptors (Lipinski definition) is 4. The Labute approximate surface area is 144 Å². The minimum absolute atomic E-state index is 0.0281. The minimum atomic E-state index is -0.0281. The van der Waals surface area contributed by atoms with Gasteiger partial charge in [0.2, 0.25) is 5.91 Å². The molecule has 2 aliphatic rings. The van der Waals surface area contributed by atoms with Crippen molar-refractivity contribution >= 4 is 23.2 Å². The van der Waals surface area contributed by atoms with E-state index in [0.717, 1.165) is 17.0 Å². The van der Waals surface area contributed by atoms with Crippen LogP contribution in [0.5, 0.6) is 0 Å². The van der Waals surface area contributed by atoms with Gasteiger partial charge < -0.3 is 9.80 Å². The monoisotopic (exact) mass is 341 g/mol. The van der Waals surface area contributed by atoms with Crippen molar-refractivity contribution in [1.82, 2.24) is 14.8 Å². The molecule has 2 saturated heterocycles. The first kappa shape index (κ1) is 15.3. The molecule has 0 radical (unpaired) electrons. The Bertz CT molecular complexity index is 774. The van der Waals surface area contributed by atoms with E-state index < -0.39 is 0 Å². The molecule has 0 bridgehead atoms. The normalized spacial score (nSPS) is 23.5. The van der Waals surface area contributed by atoms with Crippen molar-refractivity contribution in [1.29, 1.82) is 0 Å². The van der Waals surface area contributed by atoms with Gasteiger partial charge in [0.05, 0.1) is 6.04 Å². The molecule has 0 aliphatic carbocycles. The smallest absolute Gasteiger partial charge is 0.273 e. The van der Waals surface area contributed by atoms with E-state index in [-0.39, 0.29) is 17.9 Å². The molecular formula is C18H19N3O2S. The van der Waals surface area contributed by atoms with Crippen LogP contribution < -0.4 is 0 Å². The molecule has 3 heterocycles. The topological polar surface area (TPSA) is 53.5 Å². The molecule has 2 atom stereocenters. The lowest BCUT2D eigenvalue weighted by Gasteiger charge is -2.36. The summed E-state index contributed by atoms with van der Waals surface area (Å²) in [6.07, 6.45) is 1.51. The Morgan fingerprint density at radius 1 is 1.29 bits per heavy atom. The summed E-state index contributed by atoms with van der Waals surface area (Å²) >= 11 is 1.49. The fraction of sp³-hybridized carbons (Fsp3) is 0.389. The molecule has 1 aromatic heterocycles. The highest BCUT2D eigenvalue weighted by Gasteiger charge is 2.42. The van der Waals surface area contributed by atoms with Gasteiger partial charge in [-0.05, 0) is 12.3 Å². The minimum Gasteiger partial charge on any atom is -0.341 e. The van der Waals surface area contributed by atoms with Gasteiger partial charge in [0.15, 0.2) is 0 Å². The number of likely N-dealkylation sites (N-methyl/N-ethyl adjacent to an activating group) is 1. The number of carbonyl (C=O) groups is 2. The molecule has 2 aliphatic heterocycles. The van der Waals surface area contributed by atoms with E-state index in [2.05, 4.69) is 4.98 Å². The zero-order chi connectivity index (χ0) is 16.7. The highest BCUT2D eigenvalue weighted by Crippen LogP contribution is 2.32. The van der Waals surface area contributed by atoms with Crippen LogP contribution in [-0.4, -0.2) is 52.8 Å². The zero-order valence-electron chi connectivity index (χ0n) is 13.5. The molecule has 0 N–H and O–H groups in total. The largest absolute Gasteiger partial charge is 0.341 e. The number of carbonyl (C=O) groups excluding carboxylic acids is 2. The fourth-order valence-corrected chi connectivity index (χ4v) is 4.44. The van der Waals surface area contributed by atoms with E-state index in [0.29, 0.717) is 31.1 Å². The van der Waals surface area contributed by atoms with Gasteiger partial charge in [-0.25, -0.2) is 4.98 Å². The van der Waals surface area contributed by atoms with Crippen LogP contribution in [0.3, 0.4) is 0 Å². The standard InChI is InChI=1S/C18H19N3O2S/c1-20-15-10-21(8-7-13(15)9-16(20)22)18(23)14-11-24-17(19-14)12-5-3-2-4-6-12/h2-6,11,13,15H,7-10H2,1H3/t13-,15-/m1/s1. The van der Waals surface area contributed by atoms with Crippen LogP contribution in [0.2, 0.25) is 0 Å². The van der Waals surface area contributed by atoms with Gasteiger partial charge in [-0.1, -0.05) is 30.3 Å². The van der Waals surface area contributed by atoms with Crippen molar-refractivity contribution in [3.8, 4) is 10.6 Å². The van der Waals surface area contributed by atoms with Gasteiger partial charge in [-0.2, -0.15) is 0 Å². The third-order valence-electron chi connectivity index (χ3n) is 5.08. The quantitative estimate of drug-likeness (QED) is 0.843. The summed E-state index contributed by atoms with van der Waals surface area (Å²) in [5, 5.41) is 2.70. The van der Waals surface area contributed by atoms with Gasteiger partial charge in [0.1, 0.15) is 10.7 Å². The third kappa shape index (κ3) is 2.60. The maximum atomic E-state index is 12.8. The van der Waals surface area contributed by atoms with Crippen LogP contribution in [0.4, 0.5) is 0 Å². The number of aromatic nitrogens is 1. The molecular weight excluding hydrogens is 322 g/mol. The predicted molar refractivity (Wildman–Crippen MR) is 92.7 cm³/mol. The van der Waals surface area contributed by atoms with Crippen molar-refractivity contribution in [2.24, 2.45) is 5.92 Å². The van der Waals surface area contributed by atoms with Gasteiger partial charge in [-0.3, -0.25) is 9.59 Å². The Kier molecular flexibility index (Phi) is 3.84. The number of thiazole rings is 1. The van der Waals surface area contributed by atoms with Crippen LogP contribution in [-0.2, 0) is 4.79 Å². The van der Waals surface area contributed by atoms with Crippen molar-refractivity contribution in [3.63, 3.8) is 0 Å². The van der Waals surface area contributed by atoms with Crippen LogP contribution >= 0.6 is 11.3 Å². The lowest BCUT2D eigenvalue weighted by Crippen LogP contribution is -2.49. The summed E-state index contributed by atoms with van der Waals surface area (Å²) in [4.78, 5) is 32.8. The fourth-order valence-electron chi connectivity index (χ4n) is 3.64. The molecule has 0 saturated carbocycles. The molecule has 2 amide bonds. The Morgan fingerprint density at radius 2 is 2.08 bits per heavy atom. The van der Waals surface area contributed by atoms with Crippen molar-refractivity contribution in [3.05, 3.63) is 41.4 Å². The number of amides is 2. The van der Waals surface area contributed by atoms with E-state index in [1.54, 1.807) is 4.90 Å². The van der Waals surface area contributed by atoms with Gasteiger partial charge in [0, 0.05) is 37.5 Å². The summed E-state index contributed by atoms with van der Waals surface area (Å²) in [5.74, 6) is 0.556. The summed E-state index contributed by atoms with van der Waals surface area (Å²) < 4.78 is 0. The van der Waals surface area contributed by atoms with Crippen LogP contribution in [0, 0.1) is 5.92 Å².